The largest absolute Gasteiger partial charge is 0.393 e. The predicted molar refractivity (Wildman–Crippen MR) is 64.3 cm³/mol. The van der Waals surface area contributed by atoms with Crippen molar-refractivity contribution in [2.75, 3.05) is 27.2 Å². The van der Waals surface area contributed by atoms with Gasteiger partial charge in [0.25, 0.3) is 0 Å². The molecule has 0 spiro atoms. The van der Waals surface area contributed by atoms with Gasteiger partial charge in [0.1, 0.15) is 0 Å². The number of amides is 1. The highest BCUT2D eigenvalue weighted by Gasteiger charge is 2.16. The zero-order valence-electron chi connectivity index (χ0n) is 9.99. The fourth-order valence-corrected chi connectivity index (χ4v) is 1.26. The molecular formula is C10H23ClN2O2. The summed E-state index contributed by atoms with van der Waals surface area (Å²) in [6.07, 6.45) is 0.291. The van der Waals surface area contributed by atoms with Crippen LogP contribution < -0.4 is 5.32 Å². The van der Waals surface area contributed by atoms with Crippen molar-refractivity contribution in [1.29, 1.82) is 0 Å². The van der Waals surface area contributed by atoms with Gasteiger partial charge in [0.15, 0.2) is 0 Å². The van der Waals surface area contributed by atoms with E-state index in [0.717, 1.165) is 0 Å². The van der Waals surface area contributed by atoms with Gasteiger partial charge in [0.05, 0.1) is 6.10 Å². The molecule has 2 unspecified atom stereocenters. The van der Waals surface area contributed by atoms with Crippen molar-refractivity contribution < 1.29 is 9.90 Å². The molecule has 15 heavy (non-hydrogen) atoms. The number of halogens is 1. The molecule has 0 aromatic heterocycles. The minimum atomic E-state index is -0.343. The second-order valence-electron chi connectivity index (χ2n) is 3.86. The number of hydrogen-bond acceptors (Lipinski definition) is 3. The Bertz CT molecular complexity index is 177. The fraction of sp³-hybridized carbons (Fsp3) is 0.900. The fourth-order valence-electron chi connectivity index (χ4n) is 1.26. The molecule has 0 aliphatic rings. The SMILES string of the molecule is CNCC(C)C(=O)N(C)CCC(C)O.Cl. The minimum Gasteiger partial charge on any atom is -0.393 e. The summed E-state index contributed by atoms with van der Waals surface area (Å²) >= 11 is 0. The van der Waals surface area contributed by atoms with Crippen LogP contribution in [0.4, 0.5) is 0 Å². The van der Waals surface area contributed by atoms with Crippen LogP contribution in [-0.2, 0) is 4.79 Å². The monoisotopic (exact) mass is 238 g/mol. The first kappa shape index (κ1) is 17.1. The van der Waals surface area contributed by atoms with Crippen LogP contribution in [0, 0.1) is 5.92 Å². The van der Waals surface area contributed by atoms with Gasteiger partial charge in [-0.25, -0.2) is 0 Å². The molecule has 0 radical (unpaired) electrons. The lowest BCUT2D eigenvalue weighted by Crippen LogP contribution is -2.37. The first-order chi connectivity index (χ1) is 6.49. The first-order valence-electron chi connectivity index (χ1n) is 5.06. The summed E-state index contributed by atoms with van der Waals surface area (Å²) in [7, 11) is 3.61. The van der Waals surface area contributed by atoms with Crippen LogP contribution in [0.1, 0.15) is 20.3 Å². The number of aliphatic hydroxyl groups excluding tert-OH is 1. The van der Waals surface area contributed by atoms with Crippen LogP contribution in [0.15, 0.2) is 0 Å². The Morgan fingerprint density at radius 1 is 1.47 bits per heavy atom. The molecule has 0 aromatic carbocycles. The Hall–Kier alpha value is -0.320. The van der Waals surface area contributed by atoms with E-state index >= 15 is 0 Å². The summed E-state index contributed by atoms with van der Waals surface area (Å²) in [6.45, 7) is 4.94. The van der Waals surface area contributed by atoms with Crippen LogP contribution in [-0.4, -0.2) is 49.2 Å². The smallest absolute Gasteiger partial charge is 0.226 e. The third-order valence-electron chi connectivity index (χ3n) is 2.19. The van der Waals surface area contributed by atoms with Crippen LogP contribution in [0.3, 0.4) is 0 Å². The van der Waals surface area contributed by atoms with Gasteiger partial charge in [-0.1, -0.05) is 6.92 Å². The Balaban J connectivity index is 0. The van der Waals surface area contributed by atoms with Crippen LogP contribution in [0.5, 0.6) is 0 Å². The Morgan fingerprint density at radius 2 is 2.00 bits per heavy atom. The van der Waals surface area contributed by atoms with Crippen molar-refractivity contribution in [3.63, 3.8) is 0 Å². The molecule has 0 bridgehead atoms. The maximum Gasteiger partial charge on any atom is 0.226 e. The molecule has 0 aliphatic carbocycles. The van der Waals surface area contributed by atoms with E-state index in [1.807, 2.05) is 14.0 Å². The molecule has 0 fully saturated rings. The van der Waals surface area contributed by atoms with E-state index < -0.39 is 0 Å². The number of aliphatic hydroxyl groups is 1. The summed E-state index contributed by atoms with van der Waals surface area (Å²) in [6, 6.07) is 0. The van der Waals surface area contributed by atoms with E-state index in [1.165, 1.54) is 0 Å². The highest BCUT2D eigenvalue weighted by Crippen LogP contribution is 2.01. The maximum absolute atomic E-state index is 11.6. The van der Waals surface area contributed by atoms with Gasteiger partial charge < -0.3 is 15.3 Å². The van der Waals surface area contributed by atoms with E-state index in [-0.39, 0.29) is 30.3 Å². The molecule has 0 rings (SSSR count). The van der Waals surface area contributed by atoms with Crippen molar-refractivity contribution in [2.45, 2.75) is 26.4 Å². The molecule has 2 atom stereocenters. The molecule has 0 aliphatic heterocycles. The van der Waals surface area contributed by atoms with Gasteiger partial charge in [-0.15, -0.1) is 12.4 Å². The third kappa shape index (κ3) is 7.59. The van der Waals surface area contributed by atoms with Crippen LogP contribution >= 0.6 is 12.4 Å². The zero-order valence-corrected chi connectivity index (χ0v) is 10.8. The second-order valence-corrected chi connectivity index (χ2v) is 3.86. The molecule has 5 heteroatoms. The molecule has 0 saturated heterocycles. The normalized spacial score (nSPS) is 13.9. The van der Waals surface area contributed by atoms with E-state index in [4.69, 9.17) is 5.11 Å². The molecule has 0 heterocycles. The van der Waals surface area contributed by atoms with E-state index in [0.29, 0.717) is 19.5 Å². The standard InChI is InChI=1S/C10H22N2O2.ClH/c1-8(7-11-3)10(14)12(4)6-5-9(2)13;/h8-9,11,13H,5-7H2,1-4H3;1H. The Kier molecular flexibility index (Phi) is 10.2. The van der Waals surface area contributed by atoms with E-state index in [9.17, 15) is 4.79 Å². The van der Waals surface area contributed by atoms with Gasteiger partial charge in [0.2, 0.25) is 5.91 Å². The first-order valence-corrected chi connectivity index (χ1v) is 5.06. The highest BCUT2D eigenvalue weighted by atomic mass is 35.5. The summed E-state index contributed by atoms with van der Waals surface area (Å²) in [5.74, 6) is 0.124. The van der Waals surface area contributed by atoms with Crippen molar-refractivity contribution in [3.8, 4) is 0 Å². The van der Waals surface area contributed by atoms with E-state index in [1.54, 1.807) is 18.9 Å². The van der Waals surface area contributed by atoms with Crippen molar-refractivity contribution in [1.82, 2.24) is 10.2 Å². The summed E-state index contributed by atoms with van der Waals surface area (Å²) < 4.78 is 0. The van der Waals surface area contributed by atoms with Gasteiger partial charge in [0, 0.05) is 26.1 Å². The summed E-state index contributed by atoms with van der Waals surface area (Å²) in [5.41, 5.74) is 0. The third-order valence-corrected chi connectivity index (χ3v) is 2.19. The van der Waals surface area contributed by atoms with Crippen LogP contribution in [0.2, 0.25) is 0 Å². The number of rotatable bonds is 6. The summed E-state index contributed by atoms with van der Waals surface area (Å²) in [5, 5.41) is 12.0. The van der Waals surface area contributed by atoms with Crippen molar-refractivity contribution in [3.05, 3.63) is 0 Å². The second kappa shape index (κ2) is 8.95. The van der Waals surface area contributed by atoms with Crippen LogP contribution in [0.25, 0.3) is 0 Å². The highest BCUT2D eigenvalue weighted by molar-refractivity contribution is 5.85. The zero-order chi connectivity index (χ0) is 11.1. The Labute approximate surface area is 98.4 Å². The molecule has 2 N–H and O–H groups in total. The number of nitrogens with zero attached hydrogens (tertiary/aromatic N) is 1. The lowest BCUT2D eigenvalue weighted by molar-refractivity contribution is -0.133. The molecule has 0 saturated carbocycles. The molecule has 92 valence electrons. The number of hydrogen-bond donors (Lipinski definition) is 2. The molecule has 1 amide bonds. The van der Waals surface area contributed by atoms with Gasteiger partial charge >= 0.3 is 0 Å². The van der Waals surface area contributed by atoms with Crippen molar-refractivity contribution in [2.24, 2.45) is 5.92 Å². The lowest BCUT2D eigenvalue weighted by atomic mass is 10.1. The average Bonchev–Trinajstić information content (AvgIpc) is 2.13. The lowest BCUT2D eigenvalue weighted by Gasteiger charge is -2.21. The molecule has 0 aromatic rings. The van der Waals surface area contributed by atoms with Crippen molar-refractivity contribution >= 4 is 18.3 Å². The van der Waals surface area contributed by atoms with Gasteiger partial charge in [-0.2, -0.15) is 0 Å². The van der Waals surface area contributed by atoms with Gasteiger partial charge in [-0.05, 0) is 20.4 Å². The minimum absolute atomic E-state index is 0. The Morgan fingerprint density at radius 3 is 2.40 bits per heavy atom. The van der Waals surface area contributed by atoms with E-state index in [2.05, 4.69) is 5.32 Å². The molecular weight excluding hydrogens is 216 g/mol. The number of nitrogens with one attached hydrogen (secondary N) is 1. The molecule has 4 nitrogen and oxygen atoms in total. The topological polar surface area (TPSA) is 52.6 Å². The number of carbonyl (C=O) groups excluding carboxylic acids is 1. The average molecular weight is 239 g/mol. The summed E-state index contributed by atoms with van der Waals surface area (Å²) in [4.78, 5) is 13.3. The maximum atomic E-state index is 11.6. The quantitative estimate of drug-likeness (QED) is 0.709. The number of carbonyl (C=O) groups is 1. The predicted octanol–water partition coefficient (Wildman–Crippen LogP) is 0.493. The van der Waals surface area contributed by atoms with Gasteiger partial charge in [-0.3, -0.25) is 4.79 Å².